The molecule has 0 aromatic rings. The van der Waals surface area contributed by atoms with Crippen LogP contribution in [-0.2, 0) is 14.4 Å². The van der Waals surface area contributed by atoms with Crippen molar-refractivity contribution in [2.45, 2.75) is 70.8 Å². The SMILES string of the molecule is CC(C)C(NC(=O)[C@@H]1CCCN1C(=O)[C@H]([NH3+])C(C)C)C(=O)C(F)(F)C(F)(F)F.[Cl-]. The molecular weight excluding hydrogens is 425 g/mol. The molecule has 170 valence electrons. The molecule has 1 rings (SSSR count). The van der Waals surface area contributed by atoms with Gasteiger partial charge in [-0.3, -0.25) is 14.4 Å². The monoisotopic (exact) mass is 451 g/mol. The van der Waals surface area contributed by atoms with Crippen molar-refractivity contribution in [1.82, 2.24) is 10.2 Å². The van der Waals surface area contributed by atoms with Crippen LogP contribution in [0.25, 0.3) is 0 Å². The van der Waals surface area contributed by atoms with Gasteiger partial charge in [-0.15, -0.1) is 0 Å². The van der Waals surface area contributed by atoms with Crippen LogP contribution >= 0.6 is 0 Å². The second-order valence-corrected chi connectivity index (χ2v) is 7.71. The highest BCUT2D eigenvalue weighted by Gasteiger charge is 2.64. The van der Waals surface area contributed by atoms with Gasteiger partial charge in [0.1, 0.15) is 6.04 Å². The highest BCUT2D eigenvalue weighted by Crippen LogP contribution is 2.37. The van der Waals surface area contributed by atoms with E-state index in [4.69, 9.17) is 0 Å². The summed E-state index contributed by atoms with van der Waals surface area (Å²) in [6.07, 6.45) is -5.37. The van der Waals surface area contributed by atoms with E-state index >= 15 is 0 Å². The summed E-state index contributed by atoms with van der Waals surface area (Å²) in [5, 5.41) is 2.01. The minimum Gasteiger partial charge on any atom is -1.00 e. The van der Waals surface area contributed by atoms with Gasteiger partial charge in [0.2, 0.25) is 11.7 Å². The molecule has 4 N–H and O–H groups in total. The van der Waals surface area contributed by atoms with E-state index in [9.17, 15) is 36.3 Å². The minimum atomic E-state index is -6.06. The molecule has 0 saturated carbocycles. The number of amides is 2. The average molecular weight is 452 g/mol. The number of likely N-dealkylation sites (tertiary alicyclic amines) is 1. The van der Waals surface area contributed by atoms with Gasteiger partial charge >= 0.3 is 12.1 Å². The van der Waals surface area contributed by atoms with Crippen molar-refractivity contribution in [1.29, 1.82) is 0 Å². The number of ketones is 1. The zero-order chi connectivity index (χ0) is 22.0. The third-order valence-corrected chi connectivity index (χ3v) is 4.87. The first-order chi connectivity index (χ1) is 12.6. The molecule has 12 heteroatoms. The number of hydrogen-bond donors (Lipinski definition) is 2. The highest BCUT2D eigenvalue weighted by atomic mass is 35.5. The Morgan fingerprint density at radius 2 is 1.55 bits per heavy atom. The normalized spacial score (nSPS) is 19.7. The summed E-state index contributed by atoms with van der Waals surface area (Å²) < 4.78 is 64.5. The maximum absolute atomic E-state index is 13.5. The number of nitrogens with zero attached hydrogens (tertiary/aromatic N) is 1. The maximum atomic E-state index is 13.5. The minimum absolute atomic E-state index is 0. The predicted octanol–water partition coefficient (Wildman–Crippen LogP) is -1.84. The molecule has 0 spiro atoms. The third kappa shape index (κ3) is 6.00. The third-order valence-electron chi connectivity index (χ3n) is 4.87. The summed E-state index contributed by atoms with van der Waals surface area (Å²) in [7, 11) is 0. The van der Waals surface area contributed by atoms with Crippen molar-refractivity contribution in [2.75, 3.05) is 6.54 Å². The first-order valence-electron chi connectivity index (χ1n) is 9.05. The Morgan fingerprint density at radius 3 is 1.97 bits per heavy atom. The number of rotatable bonds is 7. The molecule has 0 radical (unpaired) electrons. The largest absolute Gasteiger partial charge is 1.00 e. The molecular formula is C17H27ClF5N3O3. The lowest BCUT2D eigenvalue weighted by Crippen LogP contribution is -3.00. The quantitative estimate of drug-likeness (QED) is 0.445. The fourth-order valence-corrected chi connectivity index (χ4v) is 2.92. The Balaban J connectivity index is 0.00000784. The van der Waals surface area contributed by atoms with Crippen LogP contribution in [0.5, 0.6) is 0 Å². The fourth-order valence-electron chi connectivity index (χ4n) is 2.92. The molecule has 1 aliphatic rings. The summed E-state index contributed by atoms with van der Waals surface area (Å²) in [5.74, 6) is -10.4. The summed E-state index contributed by atoms with van der Waals surface area (Å²) >= 11 is 0. The molecule has 1 fully saturated rings. The van der Waals surface area contributed by atoms with Gasteiger partial charge in [-0.1, -0.05) is 27.7 Å². The maximum Gasteiger partial charge on any atom is 0.461 e. The lowest BCUT2D eigenvalue weighted by Gasteiger charge is -2.30. The first kappa shape index (κ1) is 27.5. The van der Waals surface area contributed by atoms with Gasteiger partial charge in [0, 0.05) is 12.5 Å². The molecule has 2 amide bonds. The van der Waals surface area contributed by atoms with E-state index in [0.717, 1.165) is 0 Å². The van der Waals surface area contributed by atoms with Gasteiger partial charge < -0.3 is 28.4 Å². The second-order valence-electron chi connectivity index (χ2n) is 7.71. The standard InChI is InChI=1S/C17H26F5N3O3.ClH/c1-8(2)11(23)15(28)25-7-5-6-10(25)14(27)24-12(9(3)4)13(26)16(18,19)17(20,21)22;/h8-12H,5-7,23H2,1-4H3,(H,24,27);1H/t10-,11+,12?;/m0./s1. The number of Topliss-reactive ketones (excluding diaryl/α,β-unsaturated/α-hetero) is 1. The molecule has 0 aromatic carbocycles. The number of nitrogens with one attached hydrogen (secondary N) is 1. The van der Waals surface area contributed by atoms with Crippen molar-refractivity contribution >= 4 is 17.6 Å². The van der Waals surface area contributed by atoms with E-state index < -0.39 is 53.7 Å². The van der Waals surface area contributed by atoms with Crippen LogP contribution < -0.4 is 23.5 Å². The van der Waals surface area contributed by atoms with Gasteiger partial charge in [-0.2, -0.15) is 22.0 Å². The summed E-state index contributed by atoms with van der Waals surface area (Å²) in [5.41, 5.74) is 3.75. The van der Waals surface area contributed by atoms with Crippen molar-refractivity contribution in [3.63, 3.8) is 0 Å². The number of quaternary nitrogens is 1. The van der Waals surface area contributed by atoms with Crippen LogP contribution in [0.1, 0.15) is 40.5 Å². The lowest BCUT2D eigenvalue weighted by molar-refractivity contribution is -0.416. The van der Waals surface area contributed by atoms with Crippen LogP contribution in [0.4, 0.5) is 22.0 Å². The smallest absolute Gasteiger partial charge is 0.461 e. The fraction of sp³-hybridized carbons (Fsp3) is 0.824. The van der Waals surface area contributed by atoms with E-state index in [2.05, 4.69) is 5.73 Å². The molecule has 6 nitrogen and oxygen atoms in total. The van der Waals surface area contributed by atoms with E-state index in [-0.39, 0.29) is 31.3 Å². The molecule has 0 aliphatic carbocycles. The summed E-state index contributed by atoms with van der Waals surface area (Å²) in [6.45, 7) is 6.28. The van der Waals surface area contributed by atoms with Gasteiger partial charge in [0.05, 0.1) is 6.04 Å². The van der Waals surface area contributed by atoms with E-state index in [0.29, 0.717) is 6.42 Å². The zero-order valence-electron chi connectivity index (χ0n) is 16.7. The van der Waals surface area contributed by atoms with Gasteiger partial charge in [-0.05, 0) is 18.8 Å². The van der Waals surface area contributed by atoms with E-state index in [1.54, 1.807) is 13.8 Å². The molecule has 1 aliphatic heterocycles. The van der Waals surface area contributed by atoms with Gasteiger partial charge in [-0.25, -0.2) is 0 Å². The van der Waals surface area contributed by atoms with E-state index in [1.807, 2.05) is 5.32 Å². The second kappa shape index (κ2) is 10.0. The number of halogens is 6. The van der Waals surface area contributed by atoms with Crippen LogP contribution in [-0.4, -0.2) is 59.3 Å². The molecule has 1 unspecified atom stereocenters. The number of carbonyl (C=O) groups excluding carboxylic acids is 3. The topological polar surface area (TPSA) is 94.1 Å². The Morgan fingerprint density at radius 1 is 1.03 bits per heavy atom. The number of carbonyl (C=O) groups is 3. The Labute approximate surface area is 172 Å². The van der Waals surface area contributed by atoms with Crippen molar-refractivity contribution in [3.8, 4) is 0 Å². The first-order valence-corrected chi connectivity index (χ1v) is 9.05. The molecule has 1 saturated heterocycles. The summed E-state index contributed by atoms with van der Waals surface area (Å²) in [6, 6.07) is -3.71. The lowest BCUT2D eigenvalue weighted by atomic mass is 9.95. The van der Waals surface area contributed by atoms with Crippen LogP contribution in [0.15, 0.2) is 0 Å². The highest BCUT2D eigenvalue weighted by molar-refractivity contribution is 5.96. The number of hydrogen-bond acceptors (Lipinski definition) is 3. The Hall–Kier alpha value is -1.49. The van der Waals surface area contributed by atoms with Crippen molar-refractivity contribution in [2.24, 2.45) is 11.8 Å². The van der Waals surface area contributed by atoms with Crippen LogP contribution in [0, 0.1) is 11.8 Å². The Bertz CT molecular complexity index is 614. The van der Waals surface area contributed by atoms with Crippen LogP contribution in [0.3, 0.4) is 0 Å². The molecule has 1 heterocycles. The molecule has 0 aromatic heterocycles. The molecule has 29 heavy (non-hydrogen) atoms. The zero-order valence-corrected chi connectivity index (χ0v) is 17.4. The predicted molar refractivity (Wildman–Crippen MR) is 89.0 cm³/mol. The molecule has 0 bridgehead atoms. The van der Waals surface area contributed by atoms with Crippen molar-refractivity contribution < 1.29 is 54.5 Å². The van der Waals surface area contributed by atoms with Crippen molar-refractivity contribution in [3.05, 3.63) is 0 Å². The Kier molecular flexibility index (Phi) is 9.50. The molecule has 3 atom stereocenters. The van der Waals surface area contributed by atoms with Gasteiger partial charge in [0.15, 0.2) is 6.04 Å². The van der Waals surface area contributed by atoms with E-state index in [1.165, 1.54) is 18.7 Å². The van der Waals surface area contributed by atoms with Crippen LogP contribution in [0.2, 0.25) is 0 Å². The summed E-state index contributed by atoms with van der Waals surface area (Å²) in [4.78, 5) is 38.1. The number of alkyl halides is 5. The van der Waals surface area contributed by atoms with Gasteiger partial charge in [0.25, 0.3) is 5.91 Å². The average Bonchev–Trinajstić information content (AvgIpc) is 3.05.